The van der Waals surface area contributed by atoms with Crippen LogP contribution < -0.4 is 5.32 Å². The third kappa shape index (κ3) is 4.77. The number of fused-ring (bicyclic) bond motifs is 1. The van der Waals surface area contributed by atoms with Gasteiger partial charge in [0.05, 0.1) is 6.54 Å². The number of benzene rings is 1. The van der Waals surface area contributed by atoms with Crippen LogP contribution in [0, 0.1) is 5.92 Å². The van der Waals surface area contributed by atoms with Gasteiger partial charge in [-0.15, -0.1) is 0 Å². The molecule has 5 nitrogen and oxygen atoms in total. The van der Waals surface area contributed by atoms with Crippen LogP contribution >= 0.6 is 0 Å². The fraction of sp³-hybridized carbons (Fsp3) is 0.619. The molecule has 5 heteroatoms. The van der Waals surface area contributed by atoms with Crippen LogP contribution in [0.1, 0.15) is 44.2 Å². The maximum Gasteiger partial charge on any atom is 0.224 e. The summed E-state index contributed by atoms with van der Waals surface area (Å²) in [4.78, 5) is 21.5. The van der Waals surface area contributed by atoms with E-state index in [1.54, 1.807) is 0 Å². The highest BCUT2D eigenvalue weighted by Gasteiger charge is 2.21. The Balaban J connectivity index is 1.56. The number of hydrogen-bond donors (Lipinski definition) is 1. The SMILES string of the molecule is CCNC(=NCCC(=O)N1CCCC(C)C1)N1CCc2ccccc2C1. The van der Waals surface area contributed by atoms with Crippen LogP contribution in [-0.2, 0) is 17.8 Å². The highest BCUT2D eigenvalue weighted by Crippen LogP contribution is 2.19. The lowest BCUT2D eigenvalue weighted by Gasteiger charge is -2.32. The Morgan fingerprint density at radius 3 is 2.81 bits per heavy atom. The maximum atomic E-state index is 12.4. The van der Waals surface area contributed by atoms with E-state index in [9.17, 15) is 4.79 Å². The Morgan fingerprint density at radius 1 is 1.23 bits per heavy atom. The van der Waals surface area contributed by atoms with E-state index in [1.807, 2.05) is 4.90 Å². The Labute approximate surface area is 157 Å². The molecule has 2 aliphatic heterocycles. The second-order valence-corrected chi connectivity index (χ2v) is 7.51. The molecule has 0 aliphatic carbocycles. The number of guanidine groups is 1. The summed E-state index contributed by atoms with van der Waals surface area (Å²) in [5.74, 6) is 1.81. The average molecular weight is 357 g/mol. The van der Waals surface area contributed by atoms with E-state index in [4.69, 9.17) is 4.99 Å². The van der Waals surface area contributed by atoms with Crippen LogP contribution in [-0.4, -0.2) is 54.4 Å². The van der Waals surface area contributed by atoms with Gasteiger partial charge in [0, 0.05) is 39.1 Å². The van der Waals surface area contributed by atoms with Gasteiger partial charge in [-0.25, -0.2) is 0 Å². The predicted octanol–water partition coefficient (Wildman–Crippen LogP) is 2.66. The molecule has 1 amide bonds. The van der Waals surface area contributed by atoms with Gasteiger partial charge in [-0.1, -0.05) is 31.2 Å². The van der Waals surface area contributed by atoms with Crippen LogP contribution in [0.2, 0.25) is 0 Å². The van der Waals surface area contributed by atoms with E-state index in [0.29, 0.717) is 18.9 Å². The number of carbonyl (C=O) groups excluding carboxylic acids is 1. The highest BCUT2D eigenvalue weighted by molar-refractivity contribution is 5.81. The van der Waals surface area contributed by atoms with Gasteiger partial charge in [0.1, 0.15) is 0 Å². The number of rotatable bonds is 4. The summed E-state index contributed by atoms with van der Waals surface area (Å²) >= 11 is 0. The van der Waals surface area contributed by atoms with Crippen molar-refractivity contribution in [1.82, 2.24) is 15.1 Å². The average Bonchev–Trinajstić information content (AvgIpc) is 2.67. The first-order valence-electron chi connectivity index (χ1n) is 10.0. The molecule has 3 rings (SSSR count). The predicted molar refractivity (Wildman–Crippen MR) is 106 cm³/mol. The first-order chi connectivity index (χ1) is 12.7. The van der Waals surface area contributed by atoms with Gasteiger partial charge < -0.3 is 15.1 Å². The molecule has 1 N–H and O–H groups in total. The summed E-state index contributed by atoms with van der Waals surface area (Å²) < 4.78 is 0. The smallest absolute Gasteiger partial charge is 0.224 e. The van der Waals surface area contributed by atoms with Gasteiger partial charge in [0.25, 0.3) is 0 Å². The second kappa shape index (κ2) is 9.06. The number of piperidine rings is 1. The van der Waals surface area contributed by atoms with E-state index in [1.165, 1.54) is 17.5 Å². The van der Waals surface area contributed by atoms with Crippen molar-refractivity contribution in [1.29, 1.82) is 0 Å². The number of likely N-dealkylation sites (tertiary alicyclic amines) is 1. The molecule has 2 aliphatic rings. The van der Waals surface area contributed by atoms with E-state index >= 15 is 0 Å². The second-order valence-electron chi connectivity index (χ2n) is 7.51. The topological polar surface area (TPSA) is 47.9 Å². The standard InChI is InChI=1S/C21H32N4O/c1-3-22-21(25-14-11-18-8-4-5-9-19(18)16-25)23-12-10-20(26)24-13-6-7-17(2)15-24/h4-5,8-9,17H,3,6-7,10-16H2,1-2H3,(H,22,23). The number of nitrogens with one attached hydrogen (secondary N) is 1. The monoisotopic (exact) mass is 356 g/mol. The van der Waals surface area contributed by atoms with Crippen molar-refractivity contribution >= 4 is 11.9 Å². The zero-order valence-electron chi connectivity index (χ0n) is 16.2. The molecule has 1 unspecified atom stereocenters. The third-order valence-corrected chi connectivity index (χ3v) is 5.36. The molecule has 0 radical (unpaired) electrons. The van der Waals surface area contributed by atoms with E-state index in [2.05, 4.69) is 48.3 Å². The molecular formula is C21H32N4O. The van der Waals surface area contributed by atoms with Crippen LogP contribution in [0.25, 0.3) is 0 Å². The summed E-state index contributed by atoms with van der Waals surface area (Å²) in [6.07, 6.45) is 3.92. The molecule has 1 saturated heterocycles. The van der Waals surface area contributed by atoms with E-state index in [-0.39, 0.29) is 5.91 Å². The zero-order chi connectivity index (χ0) is 18.4. The summed E-state index contributed by atoms with van der Waals surface area (Å²) in [6, 6.07) is 8.63. The molecule has 26 heavy (non-hydrogen) atoms. The fourth-order valence-electron chi connectivity index (χ4n) is 3.93. The summed E-state index contributed by atoms with van der Waals surface area (Å²) in [7, 11) is 0. The van der Waals surface area contributed by atoms with Crippen molar-refractivity contribution in [3.05, 3.63) is 35.4 Å². The maximum absolute atomic E-state index is 12.4. The number of hydrogen-bond acceptors (Lipinski definition) is 2. The van der Waals surface area contributed by atoms with Gasteiger partial charge in [-0.3, -0.25) is 9.79 Å². The largest absolute Gasteiger partial charge is 0.357 e. The summed E-state index contributed by atoms with van der Waals surface area (Å²) in [5, 5.41) is 3.39. The summed E-state index contributed by atoms with van der Waals surface area (Å²) in [6.45, 7) is 9.41. The molecule has 1 atom stereocenters. The van der Waals surface area contributed by atoms with Crippen molar-refractivity contribution in [2.75, 3.05) is 32.7 Å². The Kier molecular flexibility index (Phi) is 6.53. The van der Waals surface area contributed by atoms with Gasteiger partial charge >= 0.3 is 0 Å². The molecule has 1 fully saturated rings. The molecule has 1 aromatic rings. The zero-order valence-corrected chi connectivity index (χ0v) is 16.2. The number of nitrogens with zero attached hydrogens (tertiary/aromatic N) is 3. The van der Waals surface area contributed by atoms with Gasteiger partial charge in [0.2, 0.25) is 5.91 Å². The first-order valence-corrected chi connectivity index (χ1v) is 10.0. The van der Waals surface area contributed by atoms with E-state index < -0.39 is 0 Å². The lowest BCUT2D eigenvalue weighted by atomic mass is 10.00. The minimum absolute atomic E-state index is 0.250. The lowest BCUT2D eigenvalue weighted by molar-refractivity contribution is -0.132. The van der Waals surface area contributed by atoms with Crippen LogP contribution in [0.15, 0.2) is 29.3 Å². The quantitative estimate of drug-likeness (QED) is 0.666. The van der Waals surface area contributed by atoms with Crippen molar-refractivity contribution in [2.45, 2.75) is 46.1 Å². The Bertz CT molecular complexity index is 643. The number of carbonyl (C=O) groups is 1. The minimum Gasteiger partial charge on any atom is -0.357 e. The van der Waals surface area contributed by atoms with Gasteiger partial charge in [-0.2, -0.15) is 0 Å². The van der Waals surface area contributed by atoms with Crippen LogP contribution in [0.5, 0.6) is 0 Å². The molecule has 2 heterocycles. The number of amides is 1. The molecule has 0 saturated carbocycles. The minimum atomic E-state index is 0.250. The molecule has 0 bridgehead atoms. The summed E-state index contributed by atoms with van der Waals surface area (Å²) in [5.41, 5.74) is 2.82. The molecule has 0 aromatic heterocycles. The van der Waals surface area contributed by atoms with Crippen molar-refractivity contribution in [3.8, 4) is 0 Å². The highest BCUT2D eigenvalue weighted by atomic mass is 16.2. The number of aliphatic imine (C=N–C) groups is 1. The molecule has 142 valence electrons. The van der Waals surface area contributed by atoms with Crippen molar-refractivity contribution < 1.29 is 4.79 Å². The third-order valence-electron chi connectivity index (χ3n) is 5.36. The Hall–Kier alpha value is -2.04. The molecule has 1 aromatic carbocycles. The molecular weight excluding hydrogens is 324 g/mol. The molecule has 0 spiro atoms. The lowest BCUT2D eigenvalue weighted by Crippen LogP contribution is -2.44. The van der Waals surface area contributed by atoms with E-state index in [0.717, 1.165) is 51.5 Å². The van der Waals surface area contributed by atoms with Crippen LogP contribution in [0.3, 0.4) is 0 Å². The fourth-order valence-corrected chi connectivity index (χ4v) is 3.93. The first kappa shape index (κ1) is 18.7. The van der Waals surface area contributed by atoms with Crippen molar-refractivity contribution in [3.63, 3.8) is 0 Å². The Morgan fingerprint density at radius 2 is 2.04 bits per heavy atom. The van der Waals surface area contributed by atoms with Gasteiger partial charge in [0.15, 0.2) is 5.96 Å². The normalized spacial score (nSPS) is 20.7. The van der Waals surface area contributed by atoms with Gasteiger partial charge in [-0.05, 0) is 43.2 Å². The van der Waals surface area contributed by atoms with Crippen LogP contribution in [0.4, 0.5) is 0 Å². The van der Waals surface area contributed by atoms with Crippen molar-refractivity contribution in [2.24, 2.45) is 10.9 Å².